The Bertz CT molecular complexity index is 1310. The second-order valence-electron chi connectivity index (χ2n) is 7.91. The first-order valence-corrected chi connectivity index (χ1v) is 10.9. The Labute approximate surface area is 201 Å². The van der Waals surface area contributed by atoms with E-state index in [-0.39, 0.29) is 18.2 Å². The van der Waals surface area contributed by atoms with E-state index >= 15 is 0 Å². The van der Waals surface area contributed by atoms with Crippen molar-refractivity contribution in [3.8, 4) is 0 Å². The summed E-state index contributed by atoms with van der Waals surface area (Å²) in [5.41, 5.74) is 5.16. The molecule has 4 rings (SSSR count). The SMILES string of the molecule is CC(=O)N(C)c1ccc(NC(=C2C(=O)Nc3cc(Cl)ccc32)c2ccc(CC(=O)O)cc2)cc1. The first-order valence-electron chi connectivity index (χ1n) is 10.5. The fraction of sp³-hybridized carbons (Fsp3) is 0.115. The molecule has 7 nitrogen and oxygen atoms in total. The third-order valence-electron chi connectivity index (χ3n) is 5.57. The molecule has 1 aliphatic heterocycles. The van der Waals surface area contributed by atoms with Crippen LogP contribution in [0.3, 0.4) is 0 Å². The van der Waals surface area contributed by atoms with Crippen LogP contribution in [0.2, 0.25) is 5.02 Å². The van der Waals surface area contributed by atoms with Gasteiger partial charge in [-0.1, -0.05) is 41.9 Å². The Morgan fingerprint density at radius 1 is 1.03 bits per heavy atom. The number of anilines is 3. The molecule has 0 unspecified atom stereocenters. The number of aliphatic carboxylic acids is 1. The van der Waals surface area contributed by atoms with E-state index < -0.39 is 5.97 Å². The van der Waals surface area contributed by atoms with Crippen LogP contribution < -0.4 is 15.5 Å². The molecule has 0 atom stereocenters. The van der Waals surface area contributed by atoms with Gasteiger partial charge in [0.2, 0.25) is 5.91 Å². The summed E-state index contributed by atoms with van der Waals surface area (Å²) in [5.74, 6) is -1.27. The van der Waals surface area contributed by atoms with Gasteiger partial charge < -0.3 is 20.6 Å². The molecule has 1 aliphatic rings. The van der Waals surface area contributed by atoms with E-state index in [9.17, 15) is 14.4 Å². The lowest BCUT2D eigenvalue weighted by molar-refractivity contribution is -0.136. The van der Waals surface area contributed by atoms with Crippen molar-refractivity contribution in [2.75, 3.05) is 22.6 Å². The van der Waals surface area contributed by atoms with Crippen LogP contribution in [0.1, 0.15) is 23.6 Å². The molecule has 2 amide bonds. The maximum atomic E-state index is 13.0. The van der Waals surface area contributed by atoms with E-state index in [1.807, 2.05) is 24.3 Å². The number of carboxylic acid groups (broad SMARTS) is 1. The standard InChI is InChI=1S/C26H22ClN3O4/c1-15(31)30(2)20-10-8-19(9-11-20)28-25(17-5-3-16(4-6-17)13-23(32)33)24-21-12-7-18(27)14-22(21)29-26(24)34/h3-12,14,28H,13H2,1-2H3,(H,29,34)(H,32,33). The van der Waals surface area contributed by atoms with Gasteiger partial charge in [0, 0.05) is 35.9 Å². The van der Waals surface area contributed by atoms with Gasteiger partial charge in [0.1, 0.15) is 0 Å². The Hall–Kier alpha value is -4.10. The average Bonchev–Trinajstić information content (AvgIpc) is 3.12. The first-order chi connectivity index (χ1) is 16.2. The molecule has 0 fully saturated rings. The van der Waals surface area contributed by atoms with Gasteiger partial charge in [-0.05, 0) is 47.5 Å². The van der Waals surface area contributed by atoms with Gasteiger partial charge in [0.15, 0.2) is 0 Å². The quantitative estimate of drug-likeness (QED) is 0.441. The van der Waals surface area contributed by atoms with E-state index in [2.05, 4.69) is 10.6 Å². The molecule has 8 heteroatoms. The van der Waals surface area contributed by atoms with Gasteiger partial charge in [-0.25, -0.2) is 0 Å². The van der Waals surface area contributed by atoms with Crippen LogP contribution in [0.5, 0.6) is 0 Å². The van der Waals surface area contributed by atoms with Gasteiger partial charge in [-0.2, -0.15) is 0 Å². The van der Waals surface area contributed by atoms with Crippen LogP contribution in [0, 0.1) is 0 Å². The normalized spacial score (nSPS) is 13.7. The number of amides is 2. The maximum Gasteiger partial charge on any atom is 0.307 e. The van der Waals surface area contributed by atoms with Crippen molar-refractivity contribution in [1.29, 1.82) is 0 Å². The molecule has 34 heavy (non-hydrogen) atoms. The number of benzene rings is 3. The molecule has 1 heterocycles. The number of rotatable bonds is 6. The Balaban J connectivity index is 1.78. The van der Waals surface area contributed by atoms with Gasteiger partial charge in [0.05, 0.1) is 23.4 Å². The minimum atomic E-state index is -0.916. The molecule has 172 valence electrons. The smallest absolute Gasteiger partial charge is 0.307 e. The first kappa shape index (κ1) is 23.1. The zero-order valence-electron chi connectivity index (χ0n) is 18.6. The number of nitrogens with zero attached hydrogens (tertiary/aromatic N) is 1. The summed E-state index contributed by atoms with van der Waals surface area (Å²) in [6.45, 7) is 1.49. The summed E-state index contributed by atoms with van der Waals surface area (Å²) in [6.07, 6.45) is -0.0907. The van der Waals surface area contributed by atoms with Crippen molar-refractivity contribution in [2.45, 2.75) is 13.3 Å². The predicted octanol–water partition coefficient (Wildman–Crippen LogP) is 4.88. The van der Waals surface area contributed by atoms with E-state index in [0.29, 0.717) is 44.4 Å². The summed E-state index contributed by atoms with van der Waals surface area (Å²) in [4.78, 5) is 37.2. The number of carbonyl (C=O) groups excluding carboxylic acids is 2. The number of fused-ring (bicyclic) bond motifs is 1. The van der Waals surface area contributed by atoms with Gasteiger partial charge in [0.25, 0.3) is 5.91 Å². The van der Waals surface area contributed by atoms with Crippen LogP contribution in [-0.2, 0) is 20.8 Å². The van der Waals surface area contributed by atoms with E-state index in [1.165, 1.54) is 11.8 Å². The van der Waals surface area contributed by atoms with Crippen molar-refractivity contribution in [2.24, 2.45) is 0 Å². The largest absolute Gasteiger partial charge is 0.481 e. The monoisotopic (exact) mass is 475 g/mol. The molecular formula is C26H22ClN3O4. The molecule has 0 radical (unpaired) electrons. The summed E-state index contributed by atoms with van der Waals surface area (Å²) >= 11 is 6.11. The summed E-state index contributed by atoms with van der Waals surface area (Å²) in [6, 6.07) is 19.5. The number of nitrogens with one attached hydrogen (secondary N) is 2. The molecule has 0 spiro atoms. The molecule has 0 saturated carbocycles. The number of carbonyl (C=O) groups is 3. The third-order valence-corrected chi connectivity index (χ3v) is 5.81. The van der Waals surface area contributed by atoms with Crippen molar-refractivity contribution in [1.82, 2.24) is 0 Å². The Morgan fingerprint density at radius 2 is 1.71 bits per heavy atom. The fourth-order valence-corrected chi connectivity index (χ4v) is 3.90. The summed E-state index contributed by atoms with van der Waals surface area (Å²) in [5, 5.41) is 15.8. The highest BCUT2D eigenvalue weighted by Crippen LogP contribution is 2.39. The summed E-state index contributed by atoms with van der Waals surface area (Å²) in [7, 11) is 1.70. The number of hydrogen-bond donors (Lipinski definition) is 3. The zero-order chi connectivity index (χ0) is 24.4. The second-order valence-corrected chi connectivity index (χ2v) is 8.35. The van der Waals surface area contributed by atoms with Gasteiger partial charge >= 0.3 is 5.97 Å². The number of halogens is 1. The lowest BCUT2D eigenvalue weighted by atomic mass is 9.98. The predicted molar refractivity (Wildman–Crippen MR) is 134 cm³/mol. The Kier molecular flexibility index (Phi) is 6.38. The minimum Gasteiger partial charge on any atom is -0.481 e. The highest BCUT2D eigenvalue weighted by Gasteiger charge is 2.28. The second kappa shape index (κ2) is 9.41. The lowest BCUT2D eigenvalue weighted by Crippen LogP contribution is -2.22. The highest BCUT2D eigenvalue weighted by molar-refractivity contribution is 6.38. The van der Waals surface area contributed by atoms with Crippen LogP contribution in [0.15, 0.2) is 66.7 Å². The maximum absolute atomic E-state index is 13.0. The van der Waals surface area contributed by atoms with Gasteiger partial charge in [-0.3, -0.25) is 14.4 Å². The topological polar surface area (TPSA) is 98.7 Å². The Morgan fingerprint density at radius 3 is 2.32 bits per heavy atom. The van der Waals surface area contributed by atoms with Gasteiger partial charge in [-0.15, -0.1) is 0 Å². The van der Waals surface area contributed by atoms with Crippen molar-refractivity contribution in [3.63, 3.8) is 0 Å². The van der Waals surface area contributed by atoms with Crippen LogP contribution in [0.25, 0.3) is 11.3 Å². The summed E-state index contributed by atoms with van der Waals surface area (Å²) < 4.78 is 0. The lowest BCUT2D eigenvalue weighted by Gasteiger charge is -2.18. The van der Waals surface area contributed by atoms with E-state index in [1.54, 1.807) is 49.5 Å². The molecular weight excluding hydrogens is 454 g/mol. The highest BCUT2D eigenvalue weighted by atomic mass is 35.5. The fourth-order valence-electron chi connectivity index (χ4n) is 3.73. The zero-order valence-corrected chi connectivity index (χ0v) is 19.3. The molecule has 0 bridgehead atoms. The van der Waals surface area contributed by atoms with Crippen LogP contribution >= 0.6 is 11.6 Å². The number of carboxylic acids is 1. The minimum absolute atomic E-state index is 0.0807. The van der Waals surface area contributed by atoms with Crippen molar-refractivity contribution >= 4 is 57.7 Å². The molecule has 3 N–H and O–H groups in total. The molecule has 0 aromatic heterocycles. The van der Waals surface area contributed by atoms with Crippen LogP contribution in [0.4, 0.5) is 17.1 Å². The molecule has 3 aromatic rings. The molecule has 0 aliphatic carbocycles. The van der Waals surface area contributed by atoms with Crippen molar-refractivity contribution < 1.29 is 19.5 Å². The number of hydrogen-bond acceptors (Lipinski definition) is 4. The van der Waals surface area contributed by atoms with E-state index in [0.717, 1.165) is 5.69 Å². The molecule has 0 saturated heterocycles. The molecule has 3 aromatic carbocycles. The average molecular weight is 476 g/mol. The van der Waals surface area contributed by atoms with Crippen LogP contribution in [-0.4, -0.2) is 29.9 Å². The third kappa shape index (κ3) is 4.79. The van der Waals surface area contributed by atoms with E-state index in [4.69, 9.17) is 16.7 Å². The van der Waals surface area contributed by atoms with Crippen molar-refractivity contribution in [3.05, 3.63) is 88.4 Å².